The Morgan fingerprint density at radius 2 is 1.95 bits per heavy atom. The number of hydrogen-bond acceptors (Lipinski definition) is 3. The maximum atomic E-state index is 11.9. The van der Waals surface area contributed by atoms with E-state index in [-0.39, 0.29) is 11.5 Å². The van der Waals surface area contributed by atoms with Gasteiger partial charge in [0.2, 0.25) is 0 Å². The summed E-state index contributed by atoms with van der Waals surface area (Å²) in [6, 6.07) is 11.3. The average molecular weight is 302 g/mol. The number of hydrogen-bond donors (Lipinski definition) is 1. The van der Waals surface area contributed by atoms with Crippen LogP contribution < -0.4 is 10.9 Å². The molecule has 1 aromatic carbocycles. The van der Waals surface area contributed by atoms with Crippen molar-refractivity contribution in [3.63, 3.8) is 0 Å². The Bertz CT molecular complexity index is 677. The largest absolute Gasteiger partial charge is 0.351 e. The molecular formula is C16H18N2O2S. The Kier molecular flexibility index (Phi) is 5.22. The SMILES string of the molecule is Cc1ccc(SCCNC(=O)c2ccn(C)c(=O)c2)cc1. The lowest BCUT2D eigenvalue weighted by molar-refractivity contribution is 0.0956. The highest BCUT2D eigenvalue weighted by Gasteiger charge is 2.05. The van der Waals surface area contributed by atoms with Crippen LogP contribution in [0, 0.1) is 6.92 Å². The molecule has 5 heteroatoms. The monoisotopic (exact) mass is 302 g/mol. The first-order valence-corrected chi connectivity index (χ1v) is 7.69. The number of amides is 1. The third-order valence-corrected chi connectivity index (χ3v) is 4.06. The highest BCUT2D eigenvalue weighted by atomic mass is 32.2. The molecule has 21 heavy (non-hydrogen) atoms. The highest BCUT2D eigenvalue weighted by molar-refractivity contribution is 7.99. The van der Waals surface area contributed by atoms with Crippen LogP contribution in [0.1, 0.15) is 15.9 Å². The molecule has 1 amide bonds. The zero-order valence-corrected chi connectivity index (χ0v) is 12.9. The van der Waals surface area contributed by atoms with Crippen molar-refractivity contribution in [1.29, 1.82) is 0 Å². The van der Waals surface area contributed by atoms with Gasteiger partial charge in [-0.3, -0.25) is 9.59 Å². The van der Waals surface area contributed by atoms with Crippen LogP contribution in [0.2, 0.25) is 0 Å². The number of aromatic nitrogens is 1. The number of carbonyl (C=O) groups excluding carboxylic acids is 1. The molecule has 0 atom stereocenters. The van der Waals surface area contributed by atoms with Gasteiger partial charge in [-0.15, -0.1) is 11.8 Å². The van der Waals surface area contributed by atoms with Crippen LogP contribution in [-0.2, 0) is 7.05 Å². The van der Waals surface area contributed by atoms with Crippen LogP contribution in [-0.4, -0.2) is 22.8 Å². The van der Waals surface area contributed by atoms with Crippen molar-refractivity contribution >= 4 is 17.7 Å². The van der Waals surface area contributed by atoms with Crippen molar-refractivity contribution in [1.82, 2.24) is 9.88 Å². The smallest absolute Gasteiger partial charge is 0.251 e. The maximum absolute atomic E-state index is 11.9. The van der Waals surface area contributed by atoms with Crippen LogP contribution in [0.3, 0.4) is 0 Å². The molecule has 1 N–H and O–H groups in total. The average Bonchev–Trinajstić information content (AvgIpc) is 2.48. The molecule has 2 rings (SSSR count). The number of nitrogens with one attached hydrogen (secondary N) is 1. The summed E-state index contributed by atoms with van der Waals surface area (Å²) < 4.78 is 1.43. The second-order valence-electron chi connectivity index (χ2n) is 4.78. The molecule has 0 bridgehead atoms. The minimum absolute atomic E-state index is 0.184. The third kappa shape index (κ3) is 4.49. The molecule has 0 radical (unpaired) electrons. The van der Waals surface area contributed by atoms with E-state index in [4.69, 9.17) is 0 Å². The number of carbonyl (C=O) groups is 1. The molecule has 1 aromatic heterocycles. The van der Waals surface area contributed by atoms with Gasteiger partial charge in [0.05, 0.1) is 0 Å². The normalized spacial score (nSPS) is 10.4. The summed E-state index contributed by atoms with van der Waals surface area (Å²) in [4.78, 5) is 24.5. The fraction of sp³-hybridized carbons (Fsp3) is 0.250. The Morgan fingerprint density at radius 3 is 2.62 bits per heavy atom. The van der Waals surface area contributed by atoms with E-state index in [0.717, 1.165) is 5.75 Å². The zero-order chi connectivity index (χ0) is 15.2. The lowest BCUT2D eigenvalue weighted by Gasteiger charge is -2.06. The van der Waals surface area contributed by atoms with Crippen molar-refractivity contribution in [2.45, 2.75) is 11.8 Å². The van der Waals surface area contributed by atoms with Gasteiger partial charge in [-0.2, -0.15) is 0 Å². The second-order valence-corrected chi connectivity index (χ2v) is 5.95. The lowest BCUT2D eigenvalue weighted by atomic mass is 10.2. The fourth-order valence-corrected chi connectivity index (χ4v) is 2.53. The molecule has 0 aliphatic rings. The van der Waals surface area contributed by atoms with E-state index in [0.29, 0.717) is 12.1 Å². The Labute approximate surface area is 128 Å². The quantitative estimate of drug-likeness (QED) is 0.680. The van der Waals surface area contributed by atoms with E-state index in [2.05, 4.69) is 36.5 Å². The Hall–Kier alpha value is -2.01. The molecule has 110 valence electrons. The topological polar surface area (TPSA) is 51.1 Å². The number of thioether (sulfide) groups is 1. The molecule has 0 fully saturated rings. The van der Waals surface area contributed by atoms with Crippen LogP contribution in [0.15, 0.2) is 52.3 Å². The van der Waals surface area contributed by atoms with E-state index < -0.39 is 0 Å². The Balaban J connectivity index is 1.80. The molecule has 4 nitrogen and oxygen atoms in total. The maximum Gasteiger partial charge on any atom is 0.251 e. The van der Waals surface area contributed by atoms with Crippen LogP contribution in [0.25, 0.3) is 0 Å². The lowest BCUT2D eigenvalue weighted by Crippen LogP contribution is -2.27. The predicted octanol–water partition coefficient (Wildman–Crippen LogP) is 2.22. The summed E-state index contributed by atoms with van der Waals surface area (Å²) in [5.41, 5.74) is 1.45. The minimum atomic E-state index is -0.211. The molecular weight excluding hydrogens is 284 g/mol. The summed E-state index contributed by atoms with van der Waals surface area (Å²) in [6.07, 6.45) is 1.60. The van der Waals surface area contributed by atoms with Gasteiger partial charge < -0.3 is 9.88 Å². The number of nitrogens with zero attached hydrogens (tertiary/aromatic N) is 1. The summed E-state index contributed by atoms with van der Waals surface area (Å²) in [5.74, 6) is 0.580. The van der Waals surface area contributed by atoms with E-state index in [9.17, 15) is 9.59 Å². The third-order valence-electron chi connectivity index (χ3n) is 3.04. The number of pyridine rings is 1. The van der Waals surface area contributed by atoms with Gasteiger partial charge in [0.25, 0.3) is 11.5 Å². The molecule has 0 aliphatic carbocycles. The van der Waals surface area contributed by atoms with Gasteiger partial charge in [-0.1, -0.05) is 17.7 Å². The van der Waals surface area contributed by atoms with E-state index in [1.807, 2.05) is 0 Å². The first-order chi connectivity index (χ1) is 10.1. The number of benzene rings is 1. The zero-order valence-electron chi connectivity index (χ0n) is 12.1. The van der Waals surface area contributed by atoms with E-state index >= 15 is 0 Å². The number of rotatable bonds is 5. The van der Waals surface area contributed by atoms with Gasteiger partial charge in [-0.25, -0.2) is 0 Å². The minimum Gasteiger partial charge on any atom is -0.351 e. The molecule has 2 aromatic rings. The van der Waals surface area contributed by atoms with Crippen LogP contribution >= 0.6 is 11.8 Å². The first kappa shape index (κ1) is 15.4. The predicted molar refractivity (Wildman–Crippen MR) is 85.9 cm³/mol. The molecule has 0 saturated carbocycles. The summed E-state index contributed by atoms with van der Waals surface area (Å²) in [7, 11) is 1.65. The van der Waals surface area contributed by atoms with Crippen molar-refractivity contribution < 1.29 is 4.79 Å². The Morgan fingerprint density at radius 1 is 1.24 bits per heavy atom. The fourth-order valence-electron chi connectivity index (χ4n) is 1.76. The van der Waals surface area contributed by atoms with Gasteiger partial charge >= 0.3 is 0 Å². The summed E-state index contributed by atoms with van der Waals surface area (Å²) in [5, 5.41) is 2.82. The van der Waals surface area contributed by atoms with E-state index in [1.165, 1.54) is 21.1 Å². The highest BCUT2D eigenvalue weighted by Crippen LogP contribution is 2.17. The van der Waals surface area contributed by atoms with Crippen molar-refractivity contribution in [3.05, 3.63) is 64.1 Å². The van der Waals surface area contributed by atoms with Crippen LogP contribution in [0.5, 0.6) is 0 Å². The molecule has 1 heterocycles. The number of aryl methyl sites for hydroxylation is 2. The van der Waals surface area contributed by atoms with Gasteiger partial charge in [-0.05, 0) is 25.1 Å². The standard InChI is InChI=1S/C16H18N2O2S/c1-12-3-5-14(6-4-12)21-10-8-17-16(20)13-7-9-18(2)15(19)11-13/h3-7,9,11H,8,10H2,1-2H3,(H,17,20). The first-order valence-electron chi connectivity index (χ1n) is 6.70. The van der Waals surface area contributed by atoms with Gasteiger partial charge in [0.15, 0.2) is 0 Å². The summed E-state index contributed by atoms with van der Waals surface area (Å²) >= 11 is 1.69. The summed E-state index contributed by atoms with van der Waals surface area (Å²) in [6.45, 7) is 2.62. The van der Waals surface area contributed by atoms with Crippen molar-refractivity contribution in [2.75, 3.05) is 12.3 Å². The second kappa shape index (κ2) is 7.13. The molecule has 0 spiro atoms. The molecule has 0 aliphatic heterocycles. The van der Waals surface area contributed by atoms with Gasteiger partial charge in [0.1, 0.15) is 0 Å². The van der Waals surface area contributed by atoms with Crippen molar-refractivity contribution in [2.24, 2.45) is 7.05 Å². The molecule has 0 unspecified atom stereocenters. The van der Waals surface area contributed by atoms with Crippen molar-refractivity contribution in [3.8, 4) is 0 Å². The molecule has 0 saturated heterocycles. The van der Waals surface area contributed by atoms with E-state index in [1.54, 1.807) is 31.1 Å². The van der Waals surface area contributed by atoms with Crippen LogP contribution in [0.4, 0.5) is 0 Å². The van der Waals surface area contributed by atoms with Gasteiger partial charge in [0, 0.05) is 42.1 Å².